The van der Waals surface area contributed by atoms with Gasteiger partial charge in [-0.1, -0.05) is 6.07 Å². The van der Waals surface area contributed by atoms with Gasteiger partial charge in [-0.05, 0) is 30.0 Å². The molecule has 0 fully saturated rings. The first-order chi connectivity index (χ1) is 14.6. The number of methoxy groups -OCH3 is 1. The van der Waals surface area contributed by atoms with Crippen LogP contribution in [0.2, 0.25) is 0 Å². The SMILES string of the molecule is COC(=O)N1CCc2c(OCCCOc3cc[c-]cc3)ccc(CCC(=O)O)c2C1.[Y]. The second-order valence-corrected chi connectivity index (χ2v) is 7.00. The molecule has 1 N–H and O–H groups in total. The van der Waals surface area contributed by atoms with Crippen molar-refractivity contribution in [1.29, 1.82) is 0 Å². The maximum absolute atomic E-state index is 12.0. The number of nitrogens with zero attached hydrogens (tertiary/aromatic N) is 1. The molecule has 0 unspecified atom stereocenters. The van der Waals surface area contributed by atoms with E-state index in [9.17, 15) is 9.59 Å². The predicted octanol–water partition coefficient (Wildman–Crippen LogP) is 3.47. The molecule has 1 amide bonds. The monoisotopic (exact) mass is 501 g/mol. The van der Waals surface area contributed by atoms with Gasteiger partial charge in [0.15, 0.2) is 0 Å². The fraction of sp³-hybridized carbons (Fsp3) is 0.391. The van der Waals surface area contributed by atoms with Gasteiger partial charge >= 0.3 is 12.1 Å². The number of carbonyl (C=O) groups is 2. The second kappa shape index (κ2) is 12.7. The Morgan fingerprint density at radius 2 is 1.84 bits per heavy atom. The molecular formula is C23H26NO6Y-. The number of amides is 1. The molecule has 8 heteroatoms. The molecular weight excluding hydrogens is 475 g/mol. The third-order valence-corrected chi connectivity index (χ3v) is 5.01. The predicted molar refractivity (Wildman–Crippen MR) is 110 cm³/mol. The molecule has 3 rings (SSSR count). The number of fused-ring (bicyclic) bond motifs is 1. The fourth-order valence-electron chi connectivity index (χ4n) is 3.50. The zero-order chi connectivity index (χ0) is 21.3. The number of carboxylic acid groups (broad SMARTS) is 1. The molecule has 0 saturated heterocycles. The molecule has 163 valence electrons. The molecule has 0 spiro atoms. The van der Waals surface area contributed by atoms with E-state index < -0.39 is 5.97 Å². The molecule has 1 heterocycles. The summed E-state index contributed by atoms with van der Waals surface area (Å²) in [5.41, 5.74) is 2.93. The van der Waals surface area contributed by atoms with Crippen molar-refractivity contribution in [2.45, 2.75) is 32.2 Å². The van der Waals surface area contributed by atoms with Gasteiger partial charge in [-0.25, -0.2) is 4.79 Å². The maximum atomic E-state index is 12.0. The summed E-state index contributed by atoms with van der Waals surface area (Å²) in [6.45, 7) is 1.97. The van der Waals surface area contributed by atoms with E-state index >= 15 is 0 Å². The summed E-state index contributed by atoms with van der Waals surface area (Å²) < 4.78 is 16.5. The quantitative estimate of drug-likeness (QED) is 0.419. The Kier molecular flexibility index (Phi) is 10.3. The zero-order valence-electron chi connectivity index (χ0n) is 17.6. The van der Waals surface area contributed by atoms with Crippen molar-refractivity contribution < 1.29 is 61.6 Å². The summed E-state index contributed by atoms with van der Waals surface area (Å²) in [4.78, 5) is 24.6. The maximum Gasteiger partial charge on any atom is 0.409 e. The Hall–Kier alpha value is -2.12. The van der Waals surface area contributed by atoms with Gasteiger partial charge in [0.25, 0.3) is 0 Å². The Bertz CT molecular complexity index is 874. The van der Waals surface area contributed by atoms with E-state index in [2.05, 4.69) is 6.07 Å². The minimum atomic E-state index is -0.846. The number of hydrogen-bond donors (Lipinski definition) is 1. The molecule has 0 bridgehead atoms. The van der Waals surface area contributed by atoms with Gasteiger partial charge in [-0.3, -0.25) is 4.79 Å². The first-order valence-electron chi connectivity index (χ1n) is 9.98. The van der Waals surface area contributed by atoms with Crippen molar-refractivity contribution in [2.75, 3.05) is 26.9 Å². The number of carbonyl (C=O) groups excluding carboxylic acids is 1. The van der Waals surface area contributed by atoms with Crippen molar-refractivity contribution in [3.05, 3.63) is 59.2 Å². The number of benzene rings is 2. The van der Waals surface area contributed by atoms with E-state index in [0.29, 0.717) is 39.1 Å². The van der Waals surface area contributed by atoms with Gasteiger partial charge in [0.05, 0.1) is 20.3 Å². The molecule has 31 heavy (non-hydrogen) atoms. The fourth-order valence-corrected chi connectivity index (χ4v) is 3.50. The zero-order valence-corrected chi connectivity index (χ0v) is 20.5. The minimum absolute atomic E-state index is 0. The van der Waals surface area contributed by atoms with Crippen molar-refractivity contribution >= 4 is 12.1 Å². The summed E-state index contributed by atoms with van der Waals surface area (Å²) in [6, 6.07) is 14.1. The van der Waals surface area contributed by atoms with Gasteiger partial charge in [0.2, 0.25) is 0 Å². The third-order valence-electron chi connectivity index (χ3n) is 5.01. The molecule has 2 aromatic rings. The smallest absolute Gasteiger partial charge is 0.409 e. The second-order valence-electron chi connectivity index (χ2n) is 7.00. The third kappa shape index (κ3) is 7.22. The van der Waals surface area contributed by atoms with Gasteiger partial charge < -0.3 is 24.2 Å². The number of carboxylic acids is 1. The van der Waals surface area contributed by atoms with E-state index in [1.807, 2.05) is 36.4 Å². The molecule has 0 atom stereocenters. The van der Waals surface area contributed by atoms with Gasteiger partial charge in [-0.15, -0.1) is 12.1 Å². The van der Waals surface area contributed by atoms with Crippen LogP contribution in [0.5, 0.6) is 11.5 Å². The van der Waals surface area contributed by atoms with Crippen LogP contribution in [0.25, 0.3) is 0 Å². The normalized spacial score (nSPS) is 12.4. The first-order valence-corrected chi connectivity index (χ1v) is 9.98. The minimum Gasteiger partial charge on any atom is -0.519 e. The molecule has 1 aliphatic rings. The van der Waals surface area contributed by atoms with Crippen molar-refractivity contribution in [3.63, 3.8) is 0 Å². The molecule has 1 radical (unpaired) electrons. The van der Waals surface area contributed by atoms with Crippen molar-refractivity contribution in [1.82, 2.24) is 4.90 Å². The van der Waals surface area contributed by atoms with E-state index in [1.165, 1.54) is 7.11 Å². The topological polar surface area (TPSA) is 85.3 Å². The Balaban J connectivity index is 0.00000341. The summed E-state index contributed by atoms with van der Waals surface area (Å²) in [6.07, 6.45) is 1.43. The van der Waals surface area contributed by atoms with Crippen LogP contribution in [0, 0.1) is 6.07 Å². The number of aliphatic carboxylic acids is 1. The standard InChI is InChI=1S/C23H26NO6.Y/c1-28-23(27)24-13-12-19-20(16-24)17(9-11-22(25)26)8-10-21(19)30-15-5-14-29-18-6-3-2-4-7-18;/h3-4,6-8,10H,5,9,11-16H2,1H3,(H,25,26);/q-1;. The molecule has 2 aromatic carbocycles. The Morgan fingerprint density at radius 1 is 1.10 bits per heavy atom. The Morgan fingerprint density at radius 3 is 2.55 bits per heavy atom. The van der Waals surface area contributed by atoms with E-state index in [0.717, 1.165) is 34.6 Å². The first kappa shape index (κ1) is 25.1. The molecule has 0 aliphatic carbocycles. The number of ether oxygens (including phenoxy) is 3. The number of rotatable bonds is 9. The summed E-state index contributed by atoms with van der Waals surface area (Å²) >= 11 is 0. The van der Waals surface area contributed by atoms with Gasteiger partial charge in [-0.2, -0.15) is 18.2 Å². The van der Waals surface area contributed by atoms with Crippen LogP contribution >= 0.6 is 0 Å². The average molecular weight is 501 g/mol. The molecule has 0 aromatic heterocycles. The van der Waals surface area contributed by atoms with Gasteiger partial charge in [0.1, 0.15) is 5.75 Å². The van der Waals surface area contributed by atoms with Crippen LogP contribution in [0.15, 0.2) is 36.4 Å². The summed E-state index contributed by atoms with van der Waals surface area (Å²) in [5, 5.41) is 9.04. The molecule has 7 nitrogen and oxygen atoms in total. The van der Waals surface area contributed by atoms with Crippen molar-refractivity contribution in [2.24, 2.45) is 0 Å². The average Bonchev–Trinajstić information content (AvgIpc) is 2.77. The van der Waals surface area contributed by atoms with E-state index in [-0.39, 0.29) is 45.2 Å². The summed E-state index contributed by atoms with van der Waals surface area (Å²) in [7, 11) is 1.36. The molecule has 0 saturated carbocycles. The number of hydrogen-bond acceptors (Lipinski definition) is 5. The van der Waals surface area contributed by atoms with Crippen LogP contribution in [-0.2, 0) is 61.6 Å². The molecule has 1 aliphatic heterocycles. The largest absolute Gasteiger partial charge is 0.519 e. The Labute approximate surface area is 207 Å². The van der Waals surface area contributed by atoms with E-state index in [1.54, 1.807) is 4.90 Å². The van der Waals surface area contributed by atoms with Crippen molar-refractivity contribution in [3.8, 4) is 11.5 Å². The van der Waals surface area contributed by atoms with Crippen LogP contribution < -0.4 is 9.47 Å². The van der Waals surface area contributed by atoms with Crippen LogP contribution in [0.3, 0.4) is 0 Å². The summed E-state index contributed by atoms with van der Waals surface area (Å²) in [5.74, 6) is 0.737. The van der Waals surface area contributed by atoms with E-state index in [4.69, 9.17) is 19.3 Å². The van der Waals surface area contributed by atoms with Crippen LogP contribution in [0.1, 0.15) is 29.5 Å². The van der Waals surface area contributed by atoms with Crippen LogP contribution in [-0.4, -0.2) is 48.9 Å². The van der Waals surface area contributed by atoms with Gasteiger partial charge in [0, 0.05) is 70.0 Å². The van der Waals surface area contributed by atoms with Crippen LogP contribution in [0.4, 0.5) is 4.79 Å². The number of aryl methyl sites for hydroxylation is 1.